The number of carbonyl (C=O) groups excluding carboxylic acids is 2. The fourth-order valence-electron chi connectivity index (χ4n) is 5.54. The highest BCUT2D eigenvalue weighted by atomic mass is 32.1. The zero-order valence-electron chi connectivity index (χ0n) is 21.2. The summed E-state index contributed by atoms with van der Waals surface area (Å²) in [7, 11) is 2.17. The third-order valence-electron chi connectivity index (χ3n) is 7.48. The van der Waals surface area contributed by atoms with Crippen molar-refractivity contribution in [2.75, 3.05) is 20.1 Å². The number of thiophene rings is 1. The van der Waals surface area contributed by atoms with E-state index in [1.54, 1.807) is 6.92 Å². The Hall–Kier alpha value is -2.64. The maximum Gasteiger partial charge on any atom is 0.511 e. The van der Waals surface area contributed by atoms with Crippen LogP contribution in [0, 0.1) is 0 Å². The van der Waals surface area contributed by atoms with E-state index in [4.69, 9.17) is 14.2 Å². The zero-order valence-corrected chi connectivity index (χ0v) is 22.0. The fraction of sp³-hybridized carbons (Fsp3) is 0.517. The predicted molar refractivity (Wildman–Crippen MR) is 140 cm³/mol. The lowest BCUT2D eigenvalue weighted by Crippen LogP contribution is -2.27. The van der Waals surface area contributed by atoms with Crippen LogP contribution in [-0.2, 0) is 27.1 Å². The minimum absolute atomic E-state index is 0.101. The Bertz CT molecular complexity index is 1140. The maximum absolute atomic E-state index is 13.0. The Morgan fingerprint density at radius 2 is 1.72 bits per heavy atom. The standard InChI is InChI=1S/C29H35NO5S/c1-19(34-29(32)35-22-9-4-3-5-10-22)33-28(31)26-18-24-25(36-26)13-12-20-8-6-7-11-23(20)27(24)21-14-16-30(2)17-15-21/h6-8,11,18-19,22H,3-5,9-10,12-17H2,1-2H3. The average Bonchev–Trinajstić information content (AvgIpc) is 3.22. The van der Waals surface area contributed by atoms with Gasteiger partial charge in [0.25, 0.3) is 0 Å². The quantitative estimate of drug-likeness (QED) is 0.353. The lowest BCUT2D eigenvalue weighted by atomic mass is 9.87. The molecule has 2 aliphatic carbocycles. The molecule has 0 spiro atoms. The van der Waals surface area contributed by atoms with Crippen LogP contribution in [0.15, 0.2) is 35.9 Å². The average molecular weight is 510 g/mol. The monoisotopic (exact) mass is 509 g/mol. The molecule has 0 amide bonds. The highest BCUT2D eigenvalue weighted by molar-refractivity contribution is 7.14. The molecule has 0 radical (unpaired) electrons. The molecule has 5 rings (SSSR count). The SMILES string of the molecule is CC(OC(=O)OC1CCCCC1)OC(=O)c1cc2c(s1)CCc1ccccc1C2=C1CCN(C)CC1. The molecule has 2 aromatic rings. The number of hydrogen-bond acceptors (Lipinski definition) is 7. The van der Waals surface area contributed by atoms with Gasteiger partial charge in [-0.1, -0.05) is 36.3 Å². The number of rotatable bonds is 4. The molecule has 192 valence electrons. The van der Waals surface area contributed by atoms with Crippen molar-refractivity contribution in [2.24, 2.45) is 0 Å². The molecule has 1 atom stereocenters. The normalized spacial score (nSPS) is 19.6. The molecule has 1 aromatic heterocycles. The molecule has 1 saturated heterocycles. The van der Waals surface area contributed by atoms with Crippen LogP contribution in [0.2, 0.25) is 0 Å². The van der Waals surface area contributed by atoms with Gasteiger partial charge >= 0.3 is 12.1 Å². The topological polar surface area (TPSA) is 65.1 Å². The third-order valence-corrected chi connectivity index (χ3v) is 8.66. The van der Waals surface area contributed by atoms with Gasteiger partial charge in [0.05, 0.1) is 0 Å². The summed E-state index contributed by atoms with van der Waals surface area (Å²) in [5.74, 6) is -0.466. The molecular weight excluding hydrogens is 474 g/mol. The zero-order chi connectivity index (χ0) is 25.1. The molecule has 0 bridgehead atoms. The number of ether oxygens (including phenoxy) is 3. The van der Waals surface area contributed by atoms with Crippen LogP contribution in [0.3, 0.4) is 0 Å². The number of piperidine rings is 1. The van der Waals surface area contributed by atoms with Crippen LogP contribution in [-0.4, -0.2) is 49.6 Å². The summed E-state index contributed by atoms with van der Waals surface area (Å²) in [5, 5.41) is 0. The summed E-state index contributed by atoms with van der Waals surface area (Å²) < 4.78 is 16.1. The number of likely N-dealkylation sites (tertiary alicyclic amines) is 1. The number of aryl methyl sites for hydroxylation is 2. The molecule has 1 unspecified atom stereocenters. The molecule has 7 heteroatoms. The Labute approximate surface area is 217 Å². The van der Waals surface area contributed by atoms with Gasteiger partial charge in [0.15, 0.2) is 0 Å². The minimum atomic E-state index is -1.01. The van der Waals surface area contributed by atoms with Gasteiger partial charge < -0.3 is 19.1 Å². The maximum atomic E-state index is 13.0. The first-order valence-corrected chi connectivity index (χ1v) is 14.0. The van der Waals surface area contributed by atoms with Gasteiger partial charge in [0.1, 0.15) is 11.0 Å². The van der Waals surface area contributed by atoms with Crippen LogP contribution in [0.4, 0.5) is 4.79 Å². The fourth-order valence-corrected chi connectivity index (χ4v) is 6.59. The second kappa shape index (κ2) is 11.2. The molecule has 0 N–H and O–H groups in total. The number of nitrogens with zero attached hydrogens (tertiary/aromatic N) is 1. The number of esters is 1. The van der Waals surface area contributed by atoms with Gasteiger partial charge in [-0.25, -0.2) is 9.59 Å². The first-order valence-electron chi connectivity index (χ1n) is 13.2. The smallest absolute Gasteiger partial charge is 0.431 e. The van der Waals surface area contributed by atoms with E-state index in [0.717, 1.165) is 70.0 Å². The van der Waals surface area contributed by atoms with Crippen LogP contribution in [0.5, 0.6) is 0 Å². The molecule has 2 fully saturated rings. The van der Waals surface area contributed by atoms with Gasteiger partial charge in [-0.3, -0.25) is 0 Å². The Morgan fingerprint density at radius 1 is 0.972 bits per heavy atom. The number of fused-ring (bicyclic) bond motifs is 2. The summed E-state index contributed by atoms with van der Waals surface area (Å²) in [6, 6.07) is 10.6. The van der Waals surface area contributed by atoms with Crippen LogP contribution in [0.1, 0.15) is 83.1 Å². The lowest BCUT2D eigenvalue weighted by molar-refractivity contribution is -0.0912. The number of hydrogen-bond donors (Lipinski definition) is 0. The molecule has 3 aliphatic rings. The van der Waals surface area contributed by atoms with E-state index in [-0.39, 0.29) is 6.10 Å². The highest BCUT2D eigenvalue weighted by Crippen LogP contribution is 2.41. The second-order valence-electron chi connectivity index (χ2n) is 10.1. The van der Waals surface area contributed by atoms with Crippen LogP contribution < -0.4 is 0 Å². The largest absolute Gasteiger partial charge is 0.511 e. The van der Waals surface area contributed by atoms with Crippen molar-refractivity contribution in [3.8, 4) is 0 Å². The van der Waals surface area contributed by atoms with Crippen LogP contribution in [0.25, 0.3) is 5.57 Å². The Balaban J connectivity index is 1.33. The van der Waals surface area contributed by atoms with Crippen molar-refractivity contribution in [1.82, 2.24) is 4.90 Å². The minimum Gasteiger partial charge on any atom is -0.431 e. The Morgan fingerprint density at radius 3 is 2.50 bits per heavy atom. The molecular formula is C29H35NO5S. The van der Waals surface area contributed by atoms with Crippen molar-refractivity contribution in [1.29, 1.82) is 0 Å². The Kier molecular flexibility index (Phi) is 7.77. The molecule has 2 heterocycles. The first kappa shape index (κ1) is 25.0. The van der Waals surface area contributed by atoms with Crippen molar-refractivity contribution >= 4 is 29.0 Å². The van der Waals surface area contributed by atoms with Gasteiger partial charge in [0.2, 0.25) is 6.29 Å². The predicted octanol–water partition coefficient (Wildman–Crippen LogP) is 6.36. The van der Waals surface area contributed by atoms with Gasteiger partial charge in [-0.15, -0.1) is 11.3 Å². The summed E-state index contributed by atoms with van der Waals surface area (Å²) in [4.78, 5) is 29.3. The molecule has 1 aromatic carbocycles. The molecule has 1 aliphatic heterocycles. The molecule has 1 saturated carbocycles. The summed E-state index contributed by atoms with van der Waals surface area (Å²) in [5.41, 5.74) is 6.56. The van der Waals surface area contributed by atoms with Crippen molar-refractivity contribution in [3.63, 3.8) is 0 Å². The molecule has 36 heavy (non-hydrogen) atoms. The van der Waals surface area contributed by atoms with E-state index >= 15 is 0 Å². The number of benzene rings is 1. The van der Waals surface area contributed by atoms with Crippen molar-refractivity contribution in [3.05, 3.63) is 62.3 Å². The van der Waals surface area contributed by atoms with Crippen LogP contribution >= 0.6 is 11.3 Å². The van der Waals surface area contributed by atoms with Gasteiger partial charge in [-0.2, -0.15) is 0 Å². The summed E-state index contributed by atoms with van der Waals surface area (Å²) >= 11 is 1.49. The highest BCUT2D eigenvalue weighted by Gasteiger charge is 2.28. The third kappa shape index (κ3) is 5.68. The molecule has 6 nitrogen and oxygen atoms in total. The van der Waals surface area contributed by atoms with E-state index in [2.05, 4.69) is 36.2 Å². The van der Waals surface area contributed by atoms with E-state index in [9.17, 15) is 9.59 Å². The van der Waals surface area contributed by atoms with E-state index in [0.29, 0.717) is 4.88 Å². The van der Waals surface area contributed by atoms with E-state index < -0.39 is 18.4 Å². The summed E-state index contributed by atoms with van der Waals surface area (Å²) in [6.07, 6.45) is 7.04. The van der Waals surface area contributed by atoms with Crippen molar-refractivity contribution < 1.29 is 23.8 Å². The van der Waals surface area contributed by atoms with E-state index in [1.807, 2.05) is 6.07 Å². The van der Waals surface area contributed by atoms with Crippen molar-refractivity contribution in [2.45, 2.75) is 77.1 Å². The second-order valence-corrected chi connectivity index (χ2v) is 11.2. The summed E-state index contributed by atoms with van der Waals surface area (Å²) in [6.45, 7) is 3.64. The first-order chi connectivity index (χ1) is 17.5. The van der Waals surface area contributed by atoms with Gasteiger partial charge in [-0.05, 0) is 86.7 Å². The number of carbonyl (C=O) groups is 2. The lowest BCUT2D eigenvalue weighted by Gasteiger charge is -2.27. The van der Waals surface area contributed by atoms with E-state index in [1.165, 1.54) is 44.9 Å². The van der Waals surface area contributed by atoms with Gasteiger partial charge in [0, 0.05) is 24.9 Å².